The molecule has 0 radical (unpaired) electrons. The van der Waals surface area contributed by atoms with E-state index in [1.807, 2.05) is 13.8 Å². The van der Waals surface area contributed by atoms with E-state index < -0.39 is 0 Å². The van der Waals surface area contributed by atoms with E-state index in [-0.39, 0.29) is 18.0 Å². The molecular weight excluding hydrogens is 342 g/mol. The highest BCUT2D eigenvalue weighted by Crippen LogP contribution is 2.21. The molecule has 0 unspecified atom stereocenters. The first kappa shape index (κ1) is 21.9. The van der Waals surface area contributed by atoms with Gasteiger partial charge in [0, 0.05) is 36.5 Å². The summed E-state index contributed by atoms with van der Waals surface area (Å²) < 4.78 is 10.4. The maximum absolute atomic E-state index is 11.4. The van der Waals surface area contributed by atoms with Crippen molar-refractivity contribution in [2.75, 3.05) is 42.8 Å². The first-order chi connectivity index (χ1) is 10.5. The van der Waals surface area contributed by atoms with Gasteiger partial charge in [0.2, 0.25) is 5.91 Å². The van der Waals surface area contributed by atoms with Crippen LogP contribution in [0.4, 0.5) is 0 Å². The van der Waals surface area contributed by atoms with Crippen LogP contribution in [0.1, 0.15) is 27.2 Å². The Hall–Kier alpha value is -0.0500. The SMILES string of the molecule is CC(=O)NCCSSCCSCCC(=O)OCCOC(C)C. The van der Waals surface area contributed by atoms with Crippen LogP contribution in [0.3, 0.4) is 0 Å². The molecule has 130 valence electrons. The van der Waals surface area contributed by atoms with Crippen LogP contribution in [0.5, 0.6) is 0 Å². The summed E-state index contributed by atoms with van der Waals surface area (Å²) in [6.45, 7) is 6.94. The fraction of sp³-hybridized carbons (Fsp3) is 0.857. The third-order valence-electron chi connectivity index (χ3n) is 2.20. The highest BCUT2D eigenvalue weighted by atomic mass is 33.1. The first-order valence-corrected chi connectivity index (χ1v) is 11.0. The summed E-state index contributed by atoms with van der Waals surface area (Å²) in [7, 11) is 3.55. The maximum Gasteiger partial charge on any atom is 0.306 e. The van der Waals surface area contributed by atoms with Gasteiger partial charge in [0.05, 0.1) is 19.1 Å². The molecule has 22 heavy (non-hydrogen) atoms. The number of nitrogens with one attached hydrogen (secondary N) is 1. The van der Waals surface area contributed by atoms with Gasteiger partial charge in [-0.25, -0.2) is 0 Å². The lowest BCUT2D eigenvalue weighted by molar-refractivity contribution is -0.145. The smallest absolute Gasteiger partial charge is 0.306 e. The average Bonchev–Trinajstić information content (AvgIpc) is 2.45. The quantitative estimate of drug-likeness (QED) is 0.287. The summed E-state index contributed by atoms with van der Waals surface area (Å²) >= 11 is 1.76. The van der Waals surface area contributed by atoms with E-state index in [9.17, 15) is 9.59 Å². The number of hydrogen-bond acceptors (Lipinski definition) is 7. The van der Waals surface area contributed by atoms with Crippen molar-refractivity contribution in [2.45, 2.75) is 33.3 Å². The van der Waals surface area contributed by atoms with Crippen molar-refractivity contribution in [3.8, 4) is 0 Å². The van der Waals surface area contributed by atoms with Crippen LogP contribution in [0, 0.1) is 0 Å². The Labute approximate surface area is 145 Å². The largest absolute Gasteiger partial charge is 0.463 e. The molecule has 0 aliphatic rings. The van der Waals surface area contributed by atoms with Crippen molar-refractivity contribution >= 4 is 45.2 Å². The highest BCUT2D eigenvalue weighted by Gasteiger charge is 2.03. The van der Waals surface area contributed by atoms with Gasteiger partial charge in [0.15, 0.2) is 0 Å². The number of hydrogen-bond donors (Lipinski definition) is 1. The molecule has 0 atom stereocenters. The van der Waals surface area contributed by atoms with Gasteiger partial charge >= 0.3 is 5.97 Å². The van der Waals surface area contributed by atoms with E-state index in [1.54, 1.807) is 33.3 Å². The molecule has 5 nitrogen and oxygen atoms in total. The zero-order chi connectivity index (χ0) is 16.6. The second-order valence-corrected chi connectivity index (χ2v) is 8.56. The predicted molar refractivity (Wildman–Crippen MR) is 97.6 cm³/mol. The van der Waals surface area contributed by atoms with Crippen molar-refractivity contribution in [3.63, 3.8) is 0 Å². The van der Waals surface area contributed by atoms with Gasteiger partial charge in [-0.3, -0.25) is 9.59 Å². The summed E-state index contributed by atoms with van der Waals surface area (Å²) in [6.07, 6.45) is 0.620. The number of amides is 1. The Kier molecular flexibility index (Phi) is 15.8. The molecule has 1 N–H and O–H groups in total. The molecule has 8 heteroatoms. The Morgan fingerprint density at radius 3 is 2.45 bits per heavy atom. The number of carbonyl (C=O) groups is 2. The van der Waals surface area contributed by atoms with Crippen LogP contribution in [-0.4, -0.2) is 60.8 Å². The van der Waals surface area contributed by atoms with Crippen LogP contribution in [0.15, 0.2) is 0 Å². The Morgan fingerprint density at radius 2 is 1.77 bits per heavy atom. The lowest BCUT2D eigenvalue weighted by atomic mass is 10.5. The first-order valence-electron chi connectivity index (χ1n) is 7.36. The van der Waals surface area contributed by atoms with Crippen molar-refractivity contribution < 1.29 is 19.1 Å². The third-order valence-corrected chi connectivity index (χ3v) is 5.85. The number of ether oxygens (including phenoxy) is 2. The molecule has 0 bridgehead atoms. The maximum atomic E-state index is 11.4. The van der Waals surface area contributed by atoms with Crippen LogP contribution in [-0.2, 0) is 19.1 Å². The summed E-state index contributed by atoms with van der Waals surface area (Å²) in [5, 5.41) is 2.76. The molecule has 0 aromatic rings. The molecular formula is C14H27NO4S3. The molecule has 0 heterocycles. The van der Waals surface area contributed by atoms with Crippen LogP contribution < -0.4 is 5.32 Å². The van der Waals surface area contributed by atoms with Gasteiger partial charge in [-0.05, 0) is 13.8 Å². The summed E-state index contributed by atoms with van der Waals surface area (Å²) in [4.78, 5) is 22.1. The second kappa shape index (κ2) is 15.8. The van der Waals surface area contributed by atoms with Gasteiger partial charge in [0.1, 0.15) is 6.61 Å². The van der Waals surface area contributed by atoms with Crippen LogP contribution in [0.2, 0.25) is 0 Å². The standard InChI is InChI=1S/C14H27NO4S3/c1-12(2)18-6-7-19-14(17)4-8-20-10-11-22-21-9-5-15-13(3)16/h12H,4-11H2,1-3H3,(H,15,16). The third kappa shape index (κ3) is 18.0. The Bertz CT molecular complexity index is 304. The van der Waals surface area contributed by atoms with Crippen LogP contribution >= 0.6 is 33.3 Å². The highest BCUT2D eigenvalue weighted by molar-refractivity contribution is 8.76. The molecule has 0 saturated carbocycles. The lowest BCUT2D eigenvalue weighted by Gasteiger charge is -2.08. The monoisotopic (exact) mass is 369 g/mol. The second-order valence-electron chi connectivity index (χ2n) is 4.63. The Balaban J connectivity index is 3.18. The van der Waals surface area contributed by atoms with Gasteiger partial charge in [-0.2, -0.15) is 11.8 Å². The number of rotatable bonds is 14. The topological polar surface area (TPSA) is 64.6 Å². The molecule has 0 rings (SSSR count). The van der Waals surface area contributed by atoms with Gasteiger partial charge in [-0.15, -0.1) is 0 Å². The van der Waals surface area contributed by atoms with Crippen molar-refractivity contribution in [1.29, 1.82) is 0 Å². The zero-order valence-corrected chi connectivity index (χ0v) is 16.0. The summed E-state index contributed by atoms with van der Waals surface area (Å²) in [5.74, 6) is 3.62. The zero-order valence-electron chi connectivity index (χ0n) is 13.6. The molecule has 0 aliphatic carbocycles. The molecule has 0 spiro atoms. The van der Waals surface area contributed by atoms with Crippen LogP contribution in [0.25, 0.3) is 0 Å². The number of esters is 1. The van der Waals surface area contributed by atoms with E-state index in [4.69, 9.17) is 9.47 Å². The molecule has 0 saturated heterocycles. The molecule has 0 aromatic carbocycles. The Morgan fingerprint density at radius 1 is 1.05 bits per heavy atom. The van der Waals surface area contributed by atoms with E-state index >= 15 is 0 Å². The predicted octanol–water partition coefficient (Wildman–Crippen LogP) is 2.60. The number of thioether (sulfide) groups is 1. The minimum Gasteiger partial charge on any atom is -0.463 e. The average molecular weight is 370 g/mol. The lowest BCUT2D eigenvalue weighted by Crippen LogP contribution is -2.22. The molecule has 1 amide bonds. The minimum atomic E-state index is -0.155. The fourth-order valence-electron chi connectivity index (χ4n) is 1.25. The van der Waals surface area contributed by atoms with Crippen molar-refractivity contribution in [2.24, 2.45) is 0 Å². The molecule has 0 aliphatic heterocycles. The van der Waals surface area contributed by atoms with Gasteiger partial charge in [0.25, 0.3) is 0 Å². The normalized spacial score (nSPS) is 10.7. The van der Waals surface area contributed by atoms with E-state index in [1.165, 1.54) is 6.92 Å². The minimum absolute atomic E-state index is 0.0174. The fourth-order valence-corrected chi connectivity index (χ4v) is 4.50. The van der Waals surface area contributed by atoms with E-state index in [2.05, 4.69) is 5.32 Å². The summed E-state index contributed by atoms with van der Waals surface area (Å²) in [5.41, 5.74) is 0. The molecule has 0 fully saturated rings. The van der Waals surface area contributed by atoms with Crippen molar-refractivity contribution in [1.82, 2.24) is 5.32 Å². The van der Waals surface area contributed by atoms with Crippen molar-refractivity contribution in [3.05, 3.63) is 0 Å². The summed E-state index contributed by atoms with van der Waals surface area (Å²) in [6, 6.07) is 0. The van der Waals surface area contributed by atoms with Gasteiger partial charge < -0.3 is 14.8 Å². The van der Waals surface area contributed by atoms with E-state index in [0.29, 0.717) is 26.2 Å². The van der Waals surface area contributed by atoms with Gasteiger partial charge in [-0.1, -0.05) is 21.6 Å². The number of carbonyl (C=O) groups excluding carboxylic acids is 2. The molecule has 0 aromatic heterocycles. The van der Waals surface area contributed by atoms with E-state index in [0.717, 1.165) is 23.0 Å².